The van der Waals surface area contributed by atoms with Crippen LogP contribution in [-0.2, 0) is 0 Å². The van der Waals surface area contributed by atoms with Crippen molar-refractivity contribution in [3.05, 3.63) is 48.0 Å². The summed E-state index contributed by atoms with van der Waals surface area (Å²) in [5.41, 5.74) is 7.35. The van der Waals surface area contributed by atoms with Gasteiger partial charge in [-0.15, -0.1) is 0 Å². The average molecular weight is 199 g/mol. The number of hydrogen-bond donors (Lipinski definition) is 1. The summed E-state index contributed by atoms with van der Waals surface area (Å²) in [6.45, 7) is 4.31. The zero-order valence-corrected chi connectivity index (χ0v) is 9.27. The van der Waals surface area contributed by atoms with Gasteiger partial charge >= 0.3 is 0 Å². The maximum Gasteiger partial charge on any atom is 0.0318 e. The molecule has 0 spiro atoms. The summed E-state index contributed by atoms with van der Waals surface area (Å²) in [6.07, 6.45) is 0. The molecule has 2 aromatic carbocycles. The Morgan fingerprint density at radius 2 is 1.60 bits per heavy atom. The van der Waals surface area contributed by atoms with Gasteiger partial charge in [-0.1, -0.05) is 50.2 Å². The quantitative estimate of drug-likeness (QED) is 0.787. The molecule has 0 unspecified atom stereocenters. The van der Waals surface area contributed by atoms with Crippen LogP contribution in [-0.4, -0.2) is 0 Å². The highest BCUT2D eigenvalue weighted by Crippen LogP contribution is 2.23. The highest BCUT2D eigenvalue weighted by molar-refractivity contribution is 5.83. The van der Waals surface area contributed by atoms with Crippen LogP contribution in [0, 0.1) is 5.92 Å². The largest absolute Gasteiger partial charge is 0.324 e. The zero-order chi connectivity index (χ0) is 10.8. The van der Waals surface area contributed by atoms with Gasteiger partial charge in [-0.2, -0.15) is 0 Å². The lowest BCUT2D eigenvalue weighted by Gasteiger charge is -2.16. The van der Waals surface area contributed by atoms with Crippen molar-refractivity contribution < 1.29 is 0 Å². The summed E-state index contributed by atoms with van der Waals surface area (Å²) in [6, 6.07) is 15.0. The van der Waals surface area contributed by atoms with Gasteiger partial charge in [-0.3, -0.25) is 0 Å². The van der Waals surface area contributed by atoms with Crippen LogP contribution in [0.3, 0.4) is 0 Å². The molecule has 0 saturated carbocycles. The highest BCUT2D eigenvalue weighted by Gasteiger charge is 2.10. The maximum atomic E-state index is 6.13. The third kappa shape index (κ3) is 2.02. The number of hydrogen-bond acceptors (Lipinski definition) is 1. The van der Waals surface area contributed by atoms with E-state index in [0.29, 0.717) is 5.92 Å². The molecule has 1 heteroatoms. The highest BCUT2D eigenvalue weighted by atomic mass is 14.6. The first-order valence-electron chi connectivity index (χ1n) is 5.43. The second-order valence-corrected chi connectivity index (χ2v) is 4.38. The number of benzene rings is 2. The Labute approximate surface area is 90.9 Å². The number of rotatable bonds is 2. The summed E-state index contributed by atoms with van der Waals surface area (Å²) in [4.78, 5) is 0. The number of fused-ring (bicyclic) bond motifs is 1. The molecule has 2 N–H and O–H groups in total. The van der Waals surface area contributed by atoms with Crippen LogP contribution in [0.25, 0.3) is 10.8 Å². The first-order chi connectivity index (χ1) is 7.18. The first kappa shape index (κ1) is 10.2. The van der Waals surface area contributed by atoms with E-state index < -0.39 is 0 Å². The number of nitrogens with two attached hydrogens (primary N) is 1. The molecule has 0 heterocycles. The van der Waals surface area contributed by atoms with E-state index in [0.717, 1.165) is 0 Å². The van der Waals surface area contributed by atoms with Crippen molar-refractivity contribution in [2.24, 2.45) is 11.7 Å². The van der Waals surface area contributed by atoms with Gasteiger partial charge in [0.25, 0.3) is 0 Å². The van der Waals surface area contributed by atoms with Crippen molar-refractivity contribution in [2.75, 3.05) is 0 Å². The van der Waals surface area contributed by atoms with Crippen LogP contribution in [0.5, 0.6) is 0 Å². The fourth-order valence-electron chi connectivity index (χ4n) is 1.80. The van der Waals surface area contributed by atoms with Gasteiger partial charge < -0.3 is 5.73 Å². The third-order valence-electron chi connectivity index (χ3n) is 2.88. The van der Waals surface area contributed by atoms with Crippen LogP contribution < -0.4 is 5.73 Å². The van der Waals surface area contributed by atoms with Gasteiger partial charge in [0.1, 0.15) is 0 Å². The van der Waals surface area contributed by atoms with Gasteiger partial charge in [0, 0.05) is 6.04 Å². The Hall–Kier alpha value is -1.34. The Kier molecular flexibility index (Phi) is 2.74. The molecule has 78 valence electrons. The van der Waals surface area contributed by atoms with Crippen molar-refractivity contribution in [3.63, 3.8) is 0 Å². The molecule has 0 aliphatic heterocycles. The molecule has 0 amide bonds. The zero-order valence-electron chi connectivity index (χ0n) is 9.27. The molecule has 0 bridgehead atoms. The van der Waals surface area contributed by atoms with E-state index in [4.69, 9.17) is 5.73 Å². The molecule has 0 aliphatic carbocycles. The summed E-state index contributed by atoms with van der Waals surface area (Å²) in [5, 5.41) is 2.54. The van der Waals surface area contributed by atoms with Crippen molar-refractivity contribution in [2.45, 2.75) is 19.9 Å². The van der Waals surface area contributed by atoms with Gasteiger partial charge in [0.2, 0.25) is 0 Å². The van der Waals surface area contributed by atoms with Gasteiger partial charge in [-0.05, 0) is 28.3 Å². The summed E-state index contributed by atoms with van der Waals surface area (Å²) >= 11 is 0. The molecule has 15 heavy (non-hydrogen) atoms. The topological polar surface area (TPSA) is 26.0 Å². The van der Waals surface area contributed by atoms with Crippen LogP contribution in [0.1, 0.15) is 25.5 Å². The predicted octanol–water partition coefficient (Wildman–Crippen LogP) is 3.50. The average Bonchev–Trinajstić information content (AvgIpc) is 2.27. The smallest absolute Gasteiger partial charge is 0.0318 e. The fraction of sp³-hybridized carbons (Fsp3) is 0.286. The molecule has 2 aromatic rings. The second-order valence-electron chi connectivity index (χ2n) is 4.38. The monoisotopic (exact) mass is 199 g/mol. The van der Waals surface area contributed by atoms with E-state index in [9.17, 15) is 0 Å². The minimum Gasteiger partial charge on any atom is -0.324 e. The van der Waals surface area contributed by atoms with Gasteiger partial charge in [0.05, 0.1) is 0 Å². The van der Waals surface area contributed by atoms with E-state index in [-0.39, 0.29) is 6.04 Å². The van der Waals surface area contributed by atoms with E-state index >= 15 is 0 Å². The molecule has 0 fully saturated rings. The molecule has 1 atom stereocenters. The van der Waals surface area contributed by atoms with Crippen LogP contribution in [0.4, 0.5) is 0 Å². The molecule has 0 radical (unpaired) electrons. The standard InChI is InChI=1S/C14H17N/c1-10(2)14(15)13-8-7-11-5-3-4-6-12(11)9-13/h3-10,14H,15H2,1-2H3/t14-/m1/s1. The minimum atomic E-state index is 0.134. The second kappa shape index (κ2) is 4.03. The van der Waals surface area contributed by atoms with Gasteiger partial charge in [0.15, 0.2) is 0 Å². The lowest BCUT2D eigenvalue weighted by Crippen LogP contribution is -2.16. The van der Waals surface area contributed by atoms with E-state index in [2.05, 4.69) is 56.3 Å². The summed E-state index contributed by atoms with van der Waals surface area (Å²) in [5.74, 6) is 0.478. The minimum absolute atomic E-state index is 0.134. The summed E-state index contributed by atoms with van der Waals surface area (Å²) in [7, 11) is 0. The normalized spacial score (nSPS) is 13.3. The van der Waals surface area contributed by atoms with E-state index in [1.807, 2.05) is 0 Å². The first-order valence-corrected chi connectivity index (χ1v) is 5.43. The Morgan fingerprint density at radius 1 is 0.933 bits per heavy atom. The Balaban J connectivity index is 2.47. The van der Waals surface area contributed by atoms with E-state index in [1.165, 1.54) is 16.3 Å². The lowest BCUT2D eigenvalue weighted by molar-refractivity contribution is 0.515. The molecule has 0 aliphatic rings. The fourth-order valence-corrected chi connectivity index (χ4v) is 1.80. The molecule has 2 rings (SSSR count). The molecular weight excluding hydrogens is 182 g/mol. The van der Waals surface area contributed by atoms with Gasteiger partial charge in [-0.25, -0.2) is 0 Å². The predicted molar refractivity (Wildman–Crippen MR) is 65.7 cm³/mol. The van der Waals surface area contributed by atoms with E-state index in [1.54, 1.807) is 0 Å². The SMILES string of the molecule is CC(C)[C@@H](N)c1ccc2ccccc2c1. The summed E-state index contributed by atoms with van der Waals surface area (Å²) < 4.78 is 0. The molecule has 1 nitrogen and oxygen atoms in total. The maximum absolute atomic E-state index is 6.13. The molecule has 0 saturated heterocycles. The molecule has 0 aromatic heterocycles. The van der Waals surface area contributed by atoms with Crippen LogP contribution >= 0.6 is 0 Å². The Bertz CT molecular complexity index is 460. The Morgan fingerprint density at radius 3 is 2.27 bits per heavy atom. The van der Waals surface area contributed by atoms with Crippen molar-refractivity contribution in [3.8, 4) is 0 Å². The third-order valence-corrected chi connectivity index (χ3v) is 2.88. The van der Waals surface area contributed by atoms with Crippen LogP contribution in [0.2, 0.25) is 0 Å². The van der Waals surface area contributed by atoms with Crippen molar-refractivity contribution >= 4 is 10.8 Å². The lowest BCUT2D eigenvalue weighted by atomic mass is 9.95. The van der Waals surface area contributed by atoms with Crippen molar-refractivity contribution in [1.29, 1.82) is 0 Å². The van der Waals surface area contributed by atoms with Crippen molar-refractivity contribution in [1.82, 2.24) is 0 Å². The molecular formula is C14H17N. The van der Waals surface area contributed by atoms with Crippen LogP contribution in [0.15, 0.2) is 42.5 Å².